The van der Waals surface area contributed by atoms with Gasteiger partial charge in [0.1, 0.15) is 4.20 Å². The normalized spacial score (nSPS) is 12.3. The molecule has 0 aliphatic carbocycles. The van der Waals surface area contributed by atoms with Gasteiger partial charge in [0, 0.05) is 25.9 Å². The fourth-order valence-corrected chi connectivity index (χ4v) is 3.34. The Morgan fingerprint density at radius 3 is 1.84 bits per heavy atom. The zero-order chi connectivity index (χ0) is 14.6. The summed E-state index contributed by atoms with van der Waals surface area (Å²) in [5.41, 5.74) is 0. The summed E-state index contributed by atoms with van der Waals surface area (Å²) in [6.07, 6.45) is 0.541. The second-order valence-corrected chi connectivity index (χ2v) is 8.95. The topological polar surface area (TPSA) is 38.3 Å². The van der Waals surface area contributed by atoms with Crippen molar-refractivity contribution in [3.05, 3.63) is 0 Å². The second kappa shape index (κ2) is 9.34. The molecule has 8 heteroatoms. The molecule has 0 heterocycles. The van der Waals surface area contributed by atoms with Crippen LogP contribution in [0.25, 0.3) is 0 Å². The van der Waals surface area contributed by atoms with Crippen LogP contribution in [-0.4, -0.2) is 14.6 Å². The smallest absolute Gasteiger partial charge is 0.410 e. The fourth-order valence-electron chi connectivity index (χ4n) is 1.53. The van der Waals surface area contributed by atoms with Gasteiger partial charge in [0.2, 0.25) is 4.27 Å². The van der Waals surface area contributed by atoms with E-state index in [-0.39, 0.29) is 19.5 Å². The van der Waals surface area contributed by atoms with Crippen LogP contribution in [0.3, 0.4) is 0 Å². The first-order valence-electron chi connectivity index (χ1n) is 5.84. The molecule has 0 bridgehead atoms. The van der Waals surface area contributed by atoms with E-state index >= 15 is 0 Å². The van der Waals surface area contributed by atoms with E-state index in [4.69, 9.17) is 4.74 Å². The Hall–Kier alpha value is 1.29. The Labute approximate surface area is 151 Å². The van der Waals surface area contributed by atoms with E-state index in [1.807, 2.05) is 27.7 Å². The van der Waals surface area contributed by atoms with Crippen molar-refractivity contribution >= 4 is 56.6 Å². The van der Waals surface area contributed by atoms with Gasteiger partial charge in [-0.2, -0.15) is 0 Å². The number of thiol groups is 4. The van der Waals surface area contributed by atoms with E-state index < -0.39 is 14.6 Å². The molecule has 0 spiro atoms. The average molecular weight is 395 g/mol. The molecule has 3 nitrogen and oxygen atoms in total. The summed E-state index contributed by atoms with van der Waals surface area (Å²) in [6.45, 7) is 8.05. The van der Waals surface area contributed by atoms with Gasteiger partial charge in [0.05, 0.1) is 0 Å². The van der Waals surface area contributed by atoms with Crippen LogP contribution in [0.2, 0.25) is 0 Å². The molecular weight excluding hydrogens is 372 g/mol. The van der Waals surface area contributed by atoms with Crippen molar-refractivity contribution < 1.29 is 29.0 Å². The van der Waals surface area contributed by atoms with Gasteiger partial charge in [-0.1, -0.05) is 27.7 Å². The van der Waals surface area contributed by atoms with Gasteiger partial charge >= 0.3 is 6.09 Å². The number of rotatable bonds is 6. The van der Waals surface area contributed by atoms with Crippen molar-refractivity contribution in [3.63, 3.8) is 0 Å². The van der Waals surface area contributed by atoms with Crippen LogP contribution in [0.5, 0.6) is 0 Å². The van der Waals surface area contributed by atoms with E-state index in [1.165, 1.54) is 0 Å². The van der Waals surface area contributed by atoms with E-state index in [0.717, 1.165) is 0 Å². The number of carbonyl (C=O) groups excluding carboxylic acids is 1. The van der Waals surface area contributed by atoms with Gasteiger partial charge in [0.25, 0.3) is 0 Å². The predicted octanol–water partition coefficient (Wildman–Crippen LogP) is 3.83. The van der Waals surface area contributed by atoms with E-state index in [9.17, 15) is 4.79 Å². The van der Waals surface area contributed by atoms with Gasteiger partial charge in [-0.15, -0.1) is 50.5 Å². The first-order valence-corrected chi connectivity index (χ1v) is 7.63. The molecule has 1 amide bonds. The summed E-state index contributed by atoms with van der Waals surface area (Å²) in [4.78, 5) is 11.7. The predicted molar refractivity (Wildman–Crippen MR) is 89.9 cm³/mol. The molecule has 19 heavy (non-hydrogen) atoms. The summed E-state index contributed by atoms with van der Waals surface area (Å²) in [6, 6.07) is 0. The Bertz CT molecular complexity index is 260. The molecule has 0 aliphatic heterocycles. The van der Waals surface area contributed by atoms with Gasteiger partial charge in [-0.05, 0) is 18.3 Å². The molecule has 0 radical (unpaired) electrons. The molecule has 0 aromatic rings. The molecule has 0 unspecified atom stereocenters. The van der Waals surface area contributed by atoms with Gasteiger partial charge in [-0.25, -0.2) is 4.79 Å². The minimum absolute atomic E-state index is 0. The van der Waals surface area contributed by atoms with Crippen molar-refractivity contribution in [1.82, 2.24) is 5.32 Å². The summed E-state index contributed by atoms with van der Waals surface area (Å²) in [5, 5.41) is 2.59. The minimum atomic E-state index is -1.09. The monoisotopic (exact) mass is 393 g/mol. The Balaban J connectivity index is 0. The number of carbonyl (C=O) groups is 1. The maximum atomic E-state index is 11.7. The molecule has 1 N–H and O–H groups in total. The molecule has 0 aliphatic rings. The molecule has 0 saturated carbocycles. The third kappa shape index (κ3) is 12.7. The number of alkyl carbamates (subject to hydrolysis) is 1. The fraction of sp³-hybridized carbons (Fsp3) is 0.909. The molecule has 0 aromatic heterocycles. The van der Waals surface area contributed by atoms with Crippen molar-refractivity contribution in [3.8, 4) is 0 Å². The largest absolute Gasteiger partial charge is 0.423 e. The van der Waals surface area contributed by atoms with Gasteiger partial charge in [0.15, 0.2) is 0 Å². The first-order chi connectivity index (χ1) is 7.93. The maximum Gasteiger partial charge on any atom is 0.410 e. The molecule has 0 aromatic carbocycles. The molecule has 0 rings (SSSR count). The van der Waals surface area contributed by atoms with Crippen LogP contribution in [0.1, 0.15) is 40.5 Å². The SMILES string of the molecule is CC(C)CC(S)(S)NC(=O)OC(S)(S)CC(C)C.[Zn]. The number of nitrogens with one attached hydrogen (secondary N) is 1. The van der Waals surface area contributed by atoms with E-state index in [1.54, 1.807) is 0 Å². The minimum Gasteiger partial charge on any atom is -0.423 e. The standard InChI is InChI=1S/C11H23NO2S4.Zn/c1-7(2)5-10(15,16)12-9(13)14-11(17,18)6-8(3)4;/h7-8,15-18H,5-6H2,1-4H3,(H,12,13);. The summed E-state index contributed by atoms with van der Waals surface area (Å²) >= 11 is 17.0. The molecule has 110 valence electrons. The third-order valence-corrected chi connectivity index (χ3v) is 3.06. The van der Waals surface area contributed by atoms with Crippen LogP contribution >= 0.6 is 50.5 Å². The molecule has 0 saturated heterocycles. The van der Waals surface area contributed by atoms with Crippen LogP contribution < -0.4 is 5.32 Å². The van der Waals surface area contributed by atoms with Crippen LogP contribution in [0.15, 0.2) is 0 Å². The van der Waals surface area contributed by atoms with Crippen molar-refractivity contribution in [2.75, 3.05) is 0 Å². The summed E-state index contributed by atoms with van der Waals surface area (Å²) in [5.74, 6) is 0.674. The zero-order valence-corrected chi connectivity index (χ0v) is 18.4. The molecule has 0 fully saturated rings. The van der Waals surface area contributed by atoms with Crippen molar-refractivity contribution in [2.24, 2.45) is 11.8 Å². The number of amides is 1. The van der Waals surface area contributed by atoms with Crippen LogP contribution in [0, 0.1) is 11.8 Å². The third-order valence-electron chi connectivity index (χ3n) is 1.93. The van der Waals surface area contributed by atoms with Gasteiger partial charge < -0.3 is 4.74 Å². The summed E-state index contributed by atoms with van der Waals surface area (Å²) < 4.78 is 3.16. The van der Waals surface area contributed by atoms with Gasteiger partial charge in [-0.3, -0.25) is 5.32 Å². The quantitative estimate of drug-likeness (QED) is 0.270. The Kier molecular flexibility index (Phi) is 11.1. The number of hydrogen-bond acceptors (Lipinski definition) is 6. The van der Waals surface area contributed by atoms with Crippen LogP contribution in [-0.2, 0) is 24.2 Å². The van der Waals surface area contributed by atoms with E-state index in [2.05, 4.69) is 55.8 Å². The Morgan fingerprint density at radius 2 is 1.47 bits per heavy atom. The van der Waals surface area contributed by atoms with Crippen LogP contribution in [0.4, 0.5) is 4.79 Å². The molecule has 0 atom stereocenters. The molecular formula is C11H23NO2S4Zn. The maximum absolute atomic E-state index is 11.7. The average Bonchev–Trinajstić information content (AvgIpc) is 1.92. The zero-order valence-electron chi connectivity index (χ0n) is 11.9. The number of hydrogen-bond donors (Lipinski definition) is 5. The van der Waals surface area contributed by atoms with Crippen molar-refractivity contribution in [1.29, 1.82) is 0 Å². The second-order valence-electron chi connectivity index (χ2n) is 5.27. The first kappa shape index (κ1) is 22.6. The van der Waals surface area contributed by atoms with Crippen molar-refractivity contribution in [2.45, 2.75) is 49.0 Å². The Morgan fingerprint density at radius 1 is 1.05 bits per heavy atom. The summed E-state index contributed by atoms with van der Waals surface area (Å²) in [7, 11) is 0. The van der Waals surface area contributed by atoms with E-state index in [0.29, 0.717) is 24.7 Å². The number of ether oxygens (including phenoxy) is 1.